The average Bonchev–Trinajstić information content (AvgIpc) is 2.65. The number of carbonyl (C=O) groups is 2. The minimum absolute atomic E-state index is 0. The number of carbonyl (C=O) groups excluding carboxylic acids is 2. The highest BCUT2D eigenvalue weighted by atomic mass is 35.5. The van der Waals surface area contributed by atoms with Gasteiger partial charge >= 0.3 is 0 Å². The molecule has 1 aromatic rings. The summed E-state index contributed by atoms with van der Waals surface area (Å²) in [6.45, 7) is 4.64. The van der Waals surface area contributed by atoms with Crippen LogP contribution in [0.4, 0.5) is 0 Å². The fourth-order valence-electron chi connectivity index (χ4n) is 2.81. The molecule has 1 aromatic carbocycles. The Balaban J connectivity index is 0.00000312. The van der Waals surface area contributed by atoms with Gasteiger partial charge < -0.3 is 20.3 Å². The minimum Gasteiger partial charge on any atom is -0.380 e. The first-order valence-corrected chi connectivity index (χ1v) is 8.47. The number of halogens is 1. The molecule has 1 fully saturated rings. The van der Waals surface area contributed by atoms with Gasteiger partial charge in [0.1, 0.15) is 0 Å². The van der Waals surface area contributed by atoms with Gasteiger partial charge in [-0.1, -0.05) is 19.1 Å². The van der Waals surface area contributed by atoms with E-state index in [1.807, 2.05) is 29.2 Å². The Morgan fingerprint density at radius 2 is 1.68 bits per heavy atom. The Labute approximate surface area is 155 Å². The van der Waals surface area contributed by atoms with Crippen molar-refractivity contribution in [1.82, 2.24) is 9.80 Å². The number of nitrogens with zero attached hydrogens (tertiary/aromatic N) is 2. The Morgan fingerprint density at radius 1 is 1.12 bits per heavy atom. The van der Waals surface area contributed by atoms with Crippen LogP contribution < -0.4 is 5.73 Å². The SMILES string of the molecule is CCc1ccc(C(=O)N2CCN(C(=O)CC(CN)OC)CC2)cc1.Cl. The van der Waals surface area contributed by atoms with Gasteiger partial charge in [0.25, 0.3) is 5.91 Å². The second-order valence-corrected chi connectivity index (χ2v) is 6.02. The van der Waals surface area contributed by atoms with Crippen molar-refractivity contribution < 1.29 is 14.3 Å². The van der Waals surface area contributed by atoms with Gasteiger partial charge in [-0.05, 0) is 24.1 Å². The summed E-state index contributed by atoms with van der Waals surface area (Å²) in [5.41, 5.74) is 7.48. The lowest BCUT2D eigenvalue weighted by molar-refractivity contribution is -0.135. The van der Waals surface area contributed by atoms with Crippen LogP contribution in [0.15, 0.2) is 24.3 Å². The molecule has 140 valence electrons. The summed E-state index contributed by atoms with van der Waals surface area (Å²) in [4.78, 5) is 28.4. The van der Waals surface area contributed by atoms with Crippen molar-refractivity contribution in [3.05, 3.63) is 35.4 Å². The van der Waals surface area contributed by atoms with Crippen molar-refractivity contribution in [3.8, 4) is 0 Å². The van der Waals surface area contributed by atoms with Crippen LogP contribution in [0.1, 0.15) is 29.3 Å². The van der Waals surface area contributed by atoms with Crippen LogP contribution in [0, 0.1) is 0 Å². The van der Waals surface area contributed by atoms with Crippen LogP contribution in [0.2, 0.25) is 0 Å². The van der Waals surface area contributed by atoms with Gasteiger partial charge in [-0.2, -0.15) is 0 Å². The number of methoxy groups -OCH3 is 1. The molecule has 1 aliphatic rings. The van der Waals surface area contributed by atoms with Gasteiger partial charge in [-0.15, -0.1) is 12.4 Å². The van der Waals surface area contributed by atoms with E-state index in [2.05, 4.69) is 6.92 Å². The average molecular weight is 370 g/mol. The summed E-state index contributed by atoms with van der Waals surface area (Å²) >= 11 is 0. The molecular weight excluding hydrogens is 342 g/mol. The van der Waals surface area contributed by atoms with E-state index in [0.29, 0.717) is 44.7 Å². The van der Waals surface area contributed by atoms with E-state index in [0.717, 1.165) is 6.42 Å². The highest BCUT2D eigenvalue weighted by Gasteiger charge is 2.26. The highest BCUT2D eigenvalue weighted by Crippen LogP contribution is 2.12. The van der Waals surface area contributed by atoms with Gasteiger partial charge in [0.05, 0.1) is 12.5 Å². The summed E-state index contributed by atoms with van der Waals surface area (Å²) in [6, 6.07) is 7.74. The predicted molar refractivity (Wildman–Crippen MR) is 100 cm³/mol. The largest absolute Gasteiger partial charge is 0.380 e. The second-order valence-electron chi connectivity index (χ2n) is 6.02. The van der Waals surface area contributed by atoms with Crippen LogP contribution in [0.3, 0.4) is 0 Å². The number of ether oxygens (including phenoxy) is 1. The van der Waals surface area contributed by atoms with Crippen molar-refractivity contribution in [2.24, 2.45) is 5.73 Å². The maximum Gasteiger partial charge on any atom is 0.253 e. The molecule has 2 rings (SSSR count). The van der Waals surface area contributed by atoms with Crippen molar-refractivity contribution >= 4 is 24.2 Å². The van der Waals surface area contributed by atoms with E-state index in [-0.39, 0.29) is 30.3 Å². The number of hydrogen-bond acceptors (Lipinski definition) is 4. The normalized spacial score (nSPS) is 15.5. The van der Waals surface area contributed by atoms with Crippen molar-refractivity contribution in [1.29, 1.82) is 0 Å². The number of rotatable bonds is 6. The molecule has 1 unspecified atom stereocenters. The molecule has 1 atom stereocenters. The zero-order chi connectivity index (χ0) is 17.5. The standard InChI is InChI=1S/C18H27N3O3.ClH/c1-3-14-4-6-15(7-5-14)18(23)21-10-8-20(9-11-21)17(22)12-16(13-19)24-2;/h4-7,16H,3,8-13,19H2,1-2H3;1H. The molecule has 1 aliphatic heterocycles. The third-order valence-corrected chi connectivity index (χ3v) is 4.53. The Morgan fingerprint density at radius 3 is 2.16 bits per heavy atom. The first-order valence-electron chi connectivity index (χ1n) is 8.47. The van der Waals surface area contributed by atoms with E-state index in [4.69, 9.17) is 10.5 Å². The van der Waals surface area contributed by atoms with Crippen LogP contribution in [-0.4, -0.2) is 67.6 Å². The molecule has 25 heavy (non-hydrogen) atoms. The number of piperazine rings is 1. The summed E-state index contributed by atoms with van der Waals surface area (Å²) in [5.74, 6) is 0.0631. The molecule has 1 saturated heterocycles. The molecular formula is C18H28ClN3O3. The molecule has 7 heteroatoms. The van der Waals surface area contributed by atoms with E-state index >= 15 is 0 Å². The molecule has 0 bridgehead atoms. The first kappa shape index (κ1) is 21.4. The number of benzene rings is 1. The number of aryl methyl sites for hydroxylation is 1. The molecule has 0 aromatic heterocycles. The minimum atomic E-state index is -0.241. The van der Waals surface area contributed by atoms with E-state index in [1.54, 1.807) is 12.0 Å². The maximum atomic E-state index is 12.5. The molecule has 0 radical (unpaired) electrons. The first-order chi connectivity index (χ1) is 11.6. The zero-order valence-electron chi connectivity index (χ0n) is 14.9. The van der Waals surface area contributed by atoms with Gasteiger partial charge in [0, 0.05) is 45.4 Å². The lowest BCUT2D eigenvalue weighted by Gasteiger charge is -2.35. The topological polar surface area (TPSA) is 75.9 Å². The van der Waals surface area contributed by atoms with Crippen LogP contribution >= 0.6 is 12.4 Å². The van der Waals surface area contributed by atoms with E-state index in [1.165, 1.54) is 5.56 Å². The quantitative estimate of drug-likeness (QED) is 0.820. The second kappa shape index (κ2) is 10.4. The predicted octanol–water partition coefficient (Wildman–Crippen LogP) is 1.32. The fraction of sp³-hybridized carbons (Fsp3) is 0.556. The van der Waals surface area contributed by atoms with Gasteiger partial charge in [0.15, 0.2) is 0 Å². The smallest absolute Gasteiger partial charge is 0.253 e. The fourth-order valence-corrected chi connectivity index (χ4v) is 2.81. The third-order valence-electron chi connectivity index (χ3n) is 4.53. The van der Waals surface area contributed by atoms with E-state index in [9.17, 15) is 9.59 Å². The Hall–Kier alpha value is -1.63. The molecule has 2 N–H and O–H groups in total. The van der Waals surface area contributed by atoms with Crippen molar-refractivity contribution in [2.45, 2.75) is 25.9 Å². The monoisotopic (exact) mass is 369 g/mol. The van der Waals surface area contributed by atoms with E-state index < -0.39 is 0 Å². The summed E-state index contributed by atoms with van der Waals surface area (Å²) < 4.78 is 5.16. The van der Waals surface area contributed by atoms with Gasteiger partial charge in [-0.3, -0.25) is 9.59 Å². The summed E-state index contributed by atoms with van der Waals surface area (Å²) in [6.07, 6.45) is 1.01. The molecule has 1 heterocycles. The summed E-state index contributed by atoms with van der Waals surface area (Å²) in [7, 11) is 1.56. The molecule has 6 nitrogen and oxygen atoms in total. The third kappa shape index (κ3) is 5.70. The molecule has 2 amide bonds. The lowest BCUT2D eigenvalue weighted by atomic mass is 10.1. The number of amides is 2. The van der Waals surface area contributed by atoms with Crippen LogP contribution in [0.25, 0.3) is 0 Å². The zero-order valence-corrected chi connectivity index (χ0v) is 15.8. The van der Waals surface area contributed by atoms with Gasteiger partial charge in [-0.25, -0.2) is 0 Å². The maximum absolute atomic E-state index is 12.5. The van der Waals surface area contributed by atoms with Gasteiger partial charge in [0.2, 0.25) is 5.91 Å². The number of nitrogens with two attached hydrogens (primary N) is 1. The van der Waals surface area contributed by atoms with Crippen molar-refractivity contribution in [2.75, 3.05) is 39.8 Å². The summed E-state index contributed by atoms with van der Waals surface area (Å²) in [5, 5.41) is 0. The Bertz CT molecular complexity index is 553. The molecule has 0 spiro atoms. The van der Waals surface area contributed by atoms with Crippen LogP contribution in [0.5, 0.6) is 0 Å². The number of hydrogen-bond donors (Lipinski definition) is 1. The molecule has 0 aliphatic carbocycles. The van der Waals surface area contributed by atoms with Crippen molar-refractivity contribution in [3.63, 3.8) is 0 Å². The highest BCUT2D eigenvalue weighted by molar-refractivity contribution is 5.94. The lowest BCUT2D eigenvalue weighted by Crippen LogP contribution is -2.51. The van der Waals surface area contributed by atoms with Crippen LogP contribution in [-0.2, 0) is 16.0 Å². The Kier molecular flexibility index (Phi) is 8.89. The molecule has 0 saturated carbocycles.